The summed E-state index contributed by atoms with van der Waals surface area (Å²) in [6.07, 6.45) is 3.68. The van der Waals surface area contributed by atoms with Crippen molar-refractivity contribution in [1.82, 2.24) is 4.90 Å². The van der Waals surface area contributed by atoms with Crippen LogP contribution in [0.15, 0.2) is 77.7 Å². The van der Waals surface area contributed by atoms with Crippen LogP contribution in [0.1, 0.15) is 22.3 Å². The molecule has 1 aliphatic rings. The molecule has 1 saturated heterocycles. The molecular weight excluding hydrogens is 526 g/mol. The van der Waals surface area contributed by atoms with Gasteiger partial charge in [-0.2, -0.15) is 0 Å². The third-order valence-electron chi connectivity index (χ3n) is 6.37. The van der Waals surface area contributed by atoms with Crippen molar-refractivity contribution < 1.29 is 28.7 Å². The van der Waals surface area contributed by atoms with Crippen LogP contribution in [0.25, 0.3) is 5.57 Å². The number of hydrogen-bond acceptors (Lipinski definition) is 6. The summed E-state index contributed by atoms with van der Waals surface area (Å²) in [5.74, 6) is 6.65. The van der Waals surface area contributed by atoms with Crippen molar-refractivity contribution >= 4 is 22.7 Å². The number of morpholine rings is 1. The van der Waals surface area contributed by atoms with Crippen molar-refractivity contribution in [2.45, 2.75) is 11.8 Å². The molecule has 7 nitrogen and oxygen atoms in total. The van der Waals surface area contributed by atoms with Crippen LogP contribution in [0, 0.1) is 18.8 Å². The van der Waals surface area contributed by atoms with E-state index in [2.05, 4.69) is 28.9 Å². The van der Waals surface area contributed by atoms with Gasteiger partial charge in [0.2, 0.25) is 0 Å². The number of carboxylic acids is 1. The van der Waals surface area contributed by atoms with Gasteiger partial charge in [-0.3, -0.25) is 4.90 Å². The topological polar surface area (TPSA) is 91.3 Å². The Bertz CT molecular complexity index is 1370. The molecule has 8 heteroatoms. The first-order chi connectivity index (χ1) is 19.4. The number of aryl methyl sites for hydroxylation is 1. The van der Waals surface area contributed by atoms with Gasteiger partial charge in [-0.25, -0.2) is 4.79 Å². The minimum atomic E-state index is -1.06. The van der Waals surface area contributed by atoms with Gasteiger partial charge in [0.25, 0.3) is 0 Å². The highest BCUT2D eigenvalue weighted by atomic mass is 32.2. The first-order valence-electron chi connectivity index (χ1n) is 13.0. The van der Waals surface area contributed by atoms with Crippen LogP contribution in [-0.2, 0) is 20.7 Å². The molecular formula is C32H33NO6S. The maximum absolute atomic E-state index is 11.9. The molecule has 208 valence electrons. The van der Waals surface area contributed by atoms with Gasteiger partial charge in [0.1, 0.15) is 24.4 Å². The van der Waals surface area contributed by atoms with Crippen LogP contribution in [0.2, 0.25) is 0 Å². The molecule has 3 aromatic carbocycles. The molecule has 1 heterocycles. The van der Waals surface area contributed by atoms with E-state index in [-0.39, 0.29) is 0 Å². The Morgan fingerprint density at radius 1 is 1.05 bits per heavy atom. The molecule has 40 heavy (non-hydrogen) atoms. The van der Waals surface area contributed by atoms with Crippen LogP contribution in [0.5, 0.6) is 11.5 Å². The van der Waals surface area contributed by atoms with Crippen molar-refractivity contribution in [3.05, 3.63) is 95.1 Å². The molecule has 0 bridgehead atoms. The molecule has 1 fully saturated rings. The maximum atomic E-state index is 11.9. The minimum absolute atomic E-state index is 0.312. The smallest absolute Gasteiger partial charge is 0.341 e. The fourth-order valence-corrected chi connectivity index (χ4v) is 4.73. The van der Waals surface area contributed by atoms with E-state index in [0.717, 1.165) is 65.6 Å². The first kappa shape index (κ1) is 29.2. The van der Waals surface area contributed by atoms with Crippen molar-refractivity contribution in [2.75, 3.05) is 52.3 Å². The van der Waals surface area contributed by atoms with Crippen molar-refractivity contribution in [1.29, 1.82) is 0 Å². The fourth-order valence-electron chi connectivity index (χ4n) is 4.21. The summed E-state index contributed by atoms with van der Waals surface area (Å²) in [6, 6.07) is 21.1. The Balaban J connectivity index is 1.49. The Kier molecular flexibility index (Phi) is 10.7. The lowest BCUT2D eigenvalue weighted by Crippen LogP contribution is -2.36. The predicted octanol–water partition coefficient (Wildman–Crippen LogP) is 4.39. The van der Waals surface area contributed by atoms with E-state index < -0.39 is 23.8 Å². The Labute approximate surface area is 238 Å². The Hall–Kier alpha value is -3.74. The molecule has 0 aliphatic carbocycles. The van der Waals surface area contributed by atoms with Crippen molar-refractivity contribution in [3.63, 3.8) is 0 Å². The van der Waals surface area contributed by atoms with E-state index in [9.17, 15) is 9.35 Å². The van der Waals surface area contributed by atoms with Crippen molar-refractivity contribution in [2.24, 2.45) is 0 Å². The Morgan fingerprint density at radius 3 is 2.35 bits per heavy atom. The molecule has 1 aliphatic heterocycles. The fraction of sp³-hybridized carbons (Fsp3) is 0.281. The normalized spacial score (nSPS) is 14.6. The maximum Gasteiger partial charge on any atom is 0.341 e. The number of rotatable bonds is 10. The molecule has 1 atom stereocenters. The summed E-state index contributed by atoms with van der Waals surface area (Å²) in [4.78, 5) is 13.8. The summed E-state index contributed by atoms with van der Waals surface area (Å²) in [7, 11) is 0. The third-order valence-corrected chi connectivity index (χ3v) is 7.30. The van der Waals surface area contributed by atoms with Gasteiger partial charge in [-0.05, 0) is 101 Å². The van der Waals surface area contributed by atoms with Gasteiger partial charge in [0.15, 0.2) is 11.5 Å². The summed E-state index contributed by atoms with van der Waals surface area (Å²) >= 11 is -1.06. The molecule has 0 saturated carbocycles. The van der Waals surface area contributed by atoms with Gasteiger partial charge in [0.05, 0.1) is 19.8 Å². The Morgan fingerprint density at radius 2 is 1.73 bits per heavy atom. The number of carboxylic acid groups (broad SMARTS) is 1. The highest BCUT2D eigenvalue weighted by Gasteiger charge is 2.10. The third kappa shape index (κ3) is 8.63. The average molecular weight is 560 g/mol. The number of aliphatic carboxylic acids is 1. The van der Waals surface area contributed by atoms with Gasteiger partial charge in [-0.1, -0.05) is 24.0 Å². The highest BCUT2D eigenvalue weighted by molar-refractivity contribution is 7.90. The van der Waals surface area contributed by atoms with Crippen LogP contribution < -0.4 is 9.47 Å². The van der Waals surface area contributed by atoms with Crippen LogP contribution in [0.4, 0.5) is 0 Å². The van der Waals surface area contributed by atoms with Crippen LogP contribution in [0.3, 0.4) is 0 Å². The van der Waals surface area contributed by atoms with E-state index in [1.807, 2.05) is 55.5 Å². The minimum Gasteiger partial charge on any atom is -0.612 e. The second-order valence-corrected chi connectivity index (χ2v) is 10.7. The zero-order valence-corrected chi connectivity index (χ0v) is 23.5. The highest BCUT2D eigenvalue weighted by Crippen LogP contribution is 2.27. The number of ether oxygens (including phenoxy) is 3. The summed E-state index contributed by atoms with van der Waals surface area (Å²) in [6.45, 7) is 5.84. The average Bonchev–Trinajstić information content (AvgIpc) is 2.96. The second-order valence-electron chi connectivity index (χ2n) is 9.28. The molecule has 0 spiro atoms. The summed E-state index contributed by atoms with van der Waals surface area (Å²) < 4.78 is 28.6. The summed E-state index contributed by atoms with van der Waals surface area (Å²) in [5, 5.41) is 8.84. The SMILES string of the molecule is Cc1cc(OCC=C(c2ccc(C#CCN3CCOCC3)cc2)c2ccc([S+](C)[O-])cc2)ccc1OCC(=O)O. The largest absolute Gasteiger partial charge is 0.612 e. The van der Waals surface area contributed by atoms with Crippen molar-refractivity contribution in [3.8, 4) is 23.3 Å². The standard InChI is InChI=1S/C32H33NO6S/c1-24-22-28(11-14-31(24)39-23-32(34)35)38-19-15-30(27-9-12-29(13-10-27)40(2)36)26-7-5-25(6-8-26)4-3-16-33-17-20-37-21-18-33/h5-15,22H,16-21,23H2,1-2H3,(H,34,35). The van der Waals surface area contributed by atoms with E-state index in [1.165, 1.54) is 0 Å². The van der Waals surface area contributed by atoms with Gasteiger partial charge in [0, 0.05) is 18.7 Å². The molecule has 3 aromatic rings. The van der Waals surface area contributed by atoms with Gasteiger partial charge in [-0.15, -0.1) is 0 Å². The molecule has 4 rings (SSSR count). The number of hydrogen-bond donors (Lipinski definition) is 1. The molecule has 0 radical (unpaired) electrons. The lowest BCUT2D eigenvalue weighted by molar-refractivity contribution is -0.139. The zero-order valence-electron chi connectivity index (χ0n) is 22.7. The van der Waals surface area contributed by atoms with E-state index in [0.29, 0.717) is 18.1 Å². The number of nitrogens with zero attached hydrogens (tertiary/aromatic N) is 1. The van der Waals surface area contributed by atoms with Crippen LogP contribution in [-0.4, -0.2) is 72.8 Å². The molecule has 0 amide bonds. The monoisotopic (exact) mass is 559 g/mol. The molecule has 0 aromatic heterocycles. The van der Waals surface area contributed by atoms with E-state index >= 15 is 0 Å². The summed E-state index contributed by atoms with van der Waals surface area (Å²) in [5.41, 5.74) is 4.72. The van der Waals surface area contributed by atoms with Gasteiger partial charge < -0.3 is 23.9 Å². The zero-order chi connectivity index (χ0) is 28.3. The number of benzene rings is 3. The van der Waals surface area contributed by atoms with E-state index in [4.69, 9.17) is 19.3 Å². The molecule has 1 unspecified atom stereocenters. The lowest BCUT2D eigenvalue weighted by atomic mass is 9.97. The first-order valence-corrected chi connectivity index (χ1v) is 14.6. The quantitative estimate of drug-likeness (QED) is 0.291. The predicted molar refractivity (Wildman–Crippen MR) is 156 cm³/mol. The number of carbonyl (C=O) groups is 1. The van der Waals surface area contributed by atoms with Crippen LogP contribution >= 0.6 is 0 Å². The lowest BCUT2D eigenvalue weighted by Gasteiger charge is -2.24. The second kappa shape index (κ2) is 14.6. The van der Waals surface area contributed by atoms with E-state index in [1.54, 1.807) is 18.4 Å². The molecule has 1 N–H and O–H groups in total. The van der Waals surface area contributed by atoms with Gasteiger partial charge >= 0.3 is 5.97 Å².